The average Bonchev–Trinajstić information content (AvgIpc) is 2.56. The average molecular weight is 326 g/mol. The monoisotopic (exact) mass is 326 g/mol. The third-order valence-electron chi connectivity index (χ3n) is 3.32. The van der Waals surface area contributed by atoms with Crippen molar-refractivity contribution in [3.8, 4) is 5.75 Å². The highest BCUT2D eigenvalue weighted by Crippen LogP contribution is 2.16. The van der Waals surface area contributed by atoms with E-state index in [-0.39, 0.29) is 18.4 Å². The van der Waals surface area contributed by atoms with Gasteiger partial charge in [-0.25, -0.2) is 0 Å². The van der Waals surface area contributed by atoms with Gasteiger partial charge in [0.2, 0.25) is 5.91 Å². The minimum absolute atomic E-state index is 0.0732. The lowest BCUT2D eigenvalue weighted by Gasteiger charge is -2.09. The molecule has 0 bridgehead atoms. The Morgan fingerprint density at radius 3 is 2.08 bits per heavy atom. The summed E-state index contributed by atoms with van der Waals surface area (Å²) in [4.78, 5) is 22.9. The van der Waals surface area contributed by atoms with Gasteiger partial charge in [0.15, 0.2) is 6.61 Å². The minimum Gasteiger partial charge on any atom is -0.484 e. The van der Waals surface area contributed by atoms with Gasteiger partial charge in [-0.1, -0.05) is 25.5 Å². The maximum Gasteiger partial charge on any atom is 0.262 e. The van der Waals surface area contributed by atoms with Crippen LogP contribution < -0.4 is 15.4 Å². The number of rotatable bonds is 7. The van der Waals surface area contributed by atoms with E-state index in [0.717, 1.165) is 18.5 Å². The first-order chi connectivity index (χ1) is 11.6. The molecule has 2 aromatic carbocycles. The third-order valence-corrected chi connectivity index (χ3v) is 3.32. The minimum atomic E-state index is -0.218. The fraction of sp³-hybridized carbons (Fsp3) is 0.263. The molecule has 2 rings (SSSR count). The molecular weight excluding hydrogens is 304 g/mol. The van der Waals surface area contributed by atoms with E-state index in [0.29, 0.717) is 11.4 Å². The van der Waals surface area contributed by atoms with E-state index >= 15 is 0 Å². The van der Waals surface area contributed by atoms with E-state index < -0.39 is 0 Å². The summed E-state index contributed by atoms with van der Waals surface area (Å²) in [7, 11) is 0. The molecule has 5 nitrogen and oxygen atoms in total. The molecule has 0 saturated heterocycles. The molecule has 0 aromatic heterocycles. The normalized spacial score (nSPS) is 10.1. The van der Waals surface area contributed by atoms with Gasteiger partial charge in [0.05, 0.1) is 0 Å². The van der Waals surface area contributed by atoms with E-state index in [1.807, 2.05) is 24.3 Å². The van der Waals surface area contributed by atoms with Gasteiger partial charge in [-0.05, 0) is 48.4 Å². The zero-order chi connectivity index (χ0) is 17.4. The first kappa shape index (κ1) is 17.5. The van der Waals surface area contributed by atoms with Crippen LogP contribution in [0.5, 0.6) is 5.75 Å². The van der Waals surface area contributed by atoms with Crippen LogP contribution >= 0.6 is 0 Å². The zero-order valence-electron chi connectivity index (χ0n) is 14.0. The lowest BCUT2D eigenvalue weighted by molar-refractivity contribution is -0.118. The summed E-state index contributed by atoms with van der Waals surface area (Å²) in [5.74, 6) is 0.217. The van der Waals surface area contributed by atoms with Crippen molar-refractivity contribution in [2.24, 2.45) is 0 Å². The Balaban J connectivity index is 1.81. The molecule has 5 heteroatoms. The maximum absolute atomic E-state index is 11.9. The lowest BCUT2D eigenvalue weighted by atomic mass is 10.1. The van der Waals surface area contributed by atoms with Crippen LogP contribution in [0.2, 0.25) is 0 Å². The van der Waals surface area contributed by atoms with Crippen LogP contribution in [0.15, 0.2) is 48.5 Å². The Hall–Kier alpha value is -2.82. The van der Waals surface area contributed by atoms with Crippen molar-refractivity contribution in [2.75, 3.05) is 17.2 Å². The summed E-state index contributed by atoms with van der Waals surface area (Å²) in [6.45, 7) is 3.51. The van der Waals surface area contributed by atoms with Gasteiger partial charge in [0.25, 0.3) is 5.91 Å². The summed E-state index contributed by atoms with van der Waals surface area (Å²) in [6.07, 6.45) is 2.13. The van der Waals surface area contributed by atoms with E-state index in [4.69, 9.17) is 4.74 Å². The molecule has 24 heavy (non-hydrogen) atoms. The SMILES string of the molecule is CCCc1ccc(NC(=O)COc2ccc(NC(C)=O)cc2)cc1. The number of carbonyl (C=O) groups excluding carboxylic acids is 2. The van der Waals surface area contributed by atoms with Gasteiger partial charge in [0, 0.05) is 18.3 Å². The molecule has 0 heterocycles. The number of amides is 2. The molecule has 126 valence electrons. The number of hydrogen-bond acceptors (Lipinski definition) is 3. The van der Waals surface area contributed by atoms with E-state index in [1.165, 1.54) is 12.5 Å². The van der Waals surface area contributed by atoms with Crippen molar-refractivity contribution in [3.05, 3.63) is 54.1 Å². The molecule has 2 N–H and O–H groups in total. The quantitative estimate of drug-likeness (QED) is 0.816. The molecule has 0 unspecified atom stereocenters. The fourth-order valence-electron chi connectivity index (χ4n) is 2.23. The van der Waals surface area contributed by atoms with Crippen molar-refractivity contribution >= 4 is 23.2 Å². The second-order valence-electron chi connectivity index (χ2n) is 5.49. The van der Waals surface area contributed by atoms with Crippen LogP contribution in [-0.2, 0) is 16.0 Å². The predicted molar refractivity (Wildman–Crippen MR) is 95.3 cm³/mol. The molecule has 0 aliphatic rings. The van der Waals surface area contributed by atoms with Crippen molar-refractivity contribution < 1.29 is 14.3 Å². The summed E-state index contributed by atoms with van der Waals surface area (Å²) in [6, 6.07) is 14.7. The molecule has 0 fully saturated rings. The van der Waals surface area contributed by atoms with Crippen molar-refractivity contribution in [3.63, 3.8) is 0 Å². The van der Waals surface area contributed by atoms with Gasteiger partial charge in [0.1, 0.15) is 5.75 Å². The van der Waals surface area contributed by atoms with E-state index in [9.17, 15) is 9.59 Å². The van der Waals surface area contributed by atoms with Crippen LogP contribution in [0.4, 0.5) is 11.4 Å². The zero-order valence-corrected chi connectivity index (χ0v) is 14.0. The Morgan fingerprint density at radius 2 is 1.50 bits per heavy atom. The maximum atomic E-state index is 11.9. The molecule has 0 saturated carbocycles. The molecule has 2 amide bonds. The Bertz CT molecular complexity index is 679. The summed E-state index contributed by atoms with van der Waals surface area (Å²) < 4.78 is 5.44. The van der Waals surface area contributed by atoms with E-state index in [1.54, 1.807) is 24.3 Å². The summed E-state index contributed by atoms with van der Waals surface area (Å²) >= 11 is 0. The number of hydrogen-bond donors (Lipinski definition) is 2. The number of benzene rings is 2. The number of aryl methyl sites for hydroxylation is 1. The van der Waals surface area contributed by atoms with Gasteiger partial charge < -0.3 is 15.4 Å². The molecule has 2 aromatic rings. The predicted octanol–water partition coefficient (Wildman–Crippen LogP) is 3.62. The first-order valence-corrected chi connectivity index (χ1v) is 7.96. The third kappa shape index (κ3) is 5.76. The van der Waals surface area contributed by atoms with Crippen molar-refractivity contribution in [1.82, 2.24) is 0 Å². The fourth-order valence-corrected chi connectivity index (χ4v) is 2.23. The van der Waals surface area contributed by atoms with Crippen LogP contribution in [-0.4, -0.2) is 18.4 Å². The number of carbonyl (C=O) groups is 2. The molecule has 0 aliphatic heterocycles. The molecule has 0 spiro atoms. The summed E-state index contributed by atoms with van der Waals surface area (Å²) in [5, 5.41) is 5.47. The standard InChI is InChI=1S/C19H22N2O3/c1-3-4-15-5-7-17(8-6-15)21-19(23)13-24-18-11-9-16(10-12-18)20-14(2)22/h5-12H,3-4,13H2,1-2H3,(H,20,22)(H,21,23). The Morgan fingerprint density at radius 1 is 0.917 bits per heavy atom. The smallest absolute Gasteiger partial charge is 0.262 e. The Kier molecular flexibility index (Phi) is 6.37. The van der Waals surface area contributed by atoms with Crippen molar-refractivity contribution in [1.29, 1.82) is 0 Å². The highest BCUT2D eigenvalue weighted by molar-refractivity contribution is 5.92. The molecule has 0 radical (unpaired) electrons. The summed E-state index contributed by atoms with van der Waals surface area (Å²) in [5.41, 5.74) is 2.70. The van der Waals surface area contributed by atoms with Crippen LogP contribution in [0.3, 0.4) is 0 Å². The van der Waals surface area contributed by atoms with Crippen LogP contribution in [0.25, 0.3) is 0 Å². The van der Waals surface area contributed by atoms with Crippen LogP contribution in [0, 0.1) is 0 Å². The van der Waals surface area contributed by atoms with E-state index in [2.05, 4.69) is 17.6 Å². The largest absolute Gasteiger partial charge is 0.484 e. The van der Waals surface area contributed by atoms with Crippen molar-refractivity contribution in [2.45, 2.75) is 26.7 Å². The van der Waals surface area contributed by atoms with Crippen LogP contribution in [0.1, 0.15) is 25.8 Å². The highest BCUT2D eigenvalue weighted by Gasteiger charge is 2.04. The number of ether oxygens (including phenoxy) is 1. The van der Waals surface area contributed by atoms with Gasteiger partial charge in [-0.15, -0.1) is 0 Å². The van der Waals surface area contributed by atoms with Gasteiger partial charge in [-0.3, -0.25) is 9.59 Å². The lowest BCUT2D eigenvalue weighted by Crippen LogP contribution is -2.20. The molecule has 0 atom stereocenters. The number of nitrogens with one attached hydrogen (secondary N) is 2. The highest BCUT2D eigenvalue weighted by atomic mass is 16.5. The second-order valence-corrected chi connectivity index (χ2v) is 5.49. The first-order valence-electron chi connectivity index (χ1n) is 7.96. The Labute approximate surface area is 142 Å². The number of anilines is 2. The molecule has 0 aliphatic carbocycles. The second kappa shape index (κ2) is 8.72. The van der Waals surface area contributed by atoms with Gasteiger partial charge in [-0.2, -0.15) is 0 Å². The topological polar surface area (TPSA) is 67.4 Å². The van der Waals surface area contributed by atoms with Gasteiger partial charge >= 0.3 is 0 Å². The molecular formula is C19H22N2O3.